The van der Waals surface area contributed by atoms with Gasteiger partial charge in [0.25, 0.3) is 0 Å². The molecule has 88 valence electrons. The molecule has 3 nitrogen and oxygen atoms in total. The maximum Gasteiger partial charge on any atom is 0.372 e. The van der Waals surface area contributed by atoms with Crippen LogP contribution in [0.1, 0.15) is 38.5 Å². The number of alkyl halides is 1. The average Bonchev–Trinajstić information content (AvgIpc) is 2.12. The number of halogens is 1. The SMILES string of the molecule is O=C(O)C(=O)C12CC3CC(CC(F)(C3)C1)C2. The van der Waals surface area contributed by atoms with E-state index in [1.807, 2.05) is 0 Å². The van der Waals surface area contributed by atoms with Gasteiger partial charge in [-0.25, -0.2) is 9.18 Å². The minimum absolute atomic E-state index is 0.151. The Bertz CT molecular complexity index is 362. The van der Waals surface area contributed by atoms with Crippen molar-refractivity contribution >= 4 is 11.8 Å². The van der Waals surface area contributed by atoms with Crippen LogP contribution in [-0.2, 0) is 9.59 Å². The summed E-state index contributed by atoms with van der Waals surface area (Å²) in [7, 11) is 0. The topological polar surface area (TPSA) is 54.4 Å². The van der Waals surface area contributed by atoms with E-state index in [0.29, 0.717) is 25.7 Å². The molecular formula is C12H15FO3. The molecule has 0 amide bonds. The van der Waals surface area contributed by atoms with Crippen LogP contribution < -0.4 is 0 Å². The molecule has 1 N–H and O–H groups in total. The number of hydrogen-bond donors (Lipinski definition) is 1. The summed E-state index contributed by atoms with van der Waals surface area (Å²) < 4.78 is 14.4. The molecule has 0 heterocycles. The number of carboxylic acids is 1. The normalized spacial score (nSPS) is 49.3. The van der Waals surface area contributed by atoms with Gasteiger partial charge in [0.15, 0.2) is 0 Å². The summed E-state index contributed by atoms with van der Waals surface area (Å²) in [6.45, 7) is 0. The van der Waals surface area contributed by atoms with Gasteiger partial charge in [0.2, 0.25) is 5.78 Å². The first-order chi connectivity index (χ1) is 7.42. The zero-order valence-electron chi connectivity index (χ0n) is 9.04. The van der Waals surface area contributed by atoms with E-state index in [4.69, 9.17) is 5.11 Å². The Hall–Kier alpha value is -0.930. The van der Waals surface area contributed by atoms with Crippen LogP contribution in [0.2, 0.25) is 0 Å². The van der Waals surface area contributed by atoms with E-state index >= 15 is 0 Å². The quantitative estimate of drug-likeness (QED) is 0.732. The van der Waals surface area contributed by atoms with Crippen LogP contribution in [0.25, 0.3) is 0 Å². The summed E-state index contributed by atoms with van der Waals surface area (Å²) in [6.07, 6.45) is 3.41. The molecule has 16 heavy (non-hydrogen) atoms. The number of aliphatic carboxylic acids is 1. The van der Waals surface area contributed by atoms with E-state index < -0.39 is 22.8 Å². The van der Waals surface area contributed by atoms with Gasteiger partial charge in [0, 0.05) is 5.41 Å². The molecular weight excluding hydrogens is 211 g/mol. The van der Waals surface area contributed by atoms with Crippen LogP contribution in [0.4, 0.5) is 4.39 Å². The summed E-state index contributed by atoms with van der Waals surface area (Å²) in [5.41, 5.74) is -2.13. The fourth-order valence-corrected chi connectivity index (χ4v) is 4.64. The van der Waals surface area contributed by atoms with Crippen molar-refractivity contribution in [2.24, 2.45) is 17.3 Å². The Balaban J connectivity index is 1.98. The lowest BCUT2D eigenvalue weighted by Gasteiger charge is -2.57. The molecule has 0 radical (unpaired) electrons. The van der Waals surface area contributed by atoms with Crippen molar-refractivity contribution < 1.29 is 19.1 Å². The zero-order chi connectivity index (χ0) is 11.6. The number of rotatable bonds is 2. The third-order valence-electron chi connectivity index (χ3n) is 4.67. The molecule has 0 aromatic rings. The molecule has 2 atom stereocenters. The highest BCUT2D eigenvalue weighted by atomic mass is 19.1. The van der Waals surface area contributed by atoms with E-state index in [9.17, 15) is 14.0 Å². The third kappa shape index (κ3) is 1.25. The molecule has 4 saturated carbocycles. The largest absolute Gasteiger partial charge is 0.475 e. The lowest BCUT2D eigenvalue weighted by atomic mass is 9.47. The molecule has 0 aliphatic heterocycles. The number of Topliss-reactive ketones (excluding diaryl/α,β-unsaturated/α-hetero) is 1. The van der Waals surface area contributed by atoms with Gasteiger partial charge in [0.1, 0.15) is 5.67 Å². The van der Waals surface area contributed by atoms with E-state index in [2.05, 4.69) is 0 Å². The van der Waals surface area contributed by atoms with Crippen LogP contribution in [0.5, 0.6) is 0 Å². The highest BCUT2D eigenvalue weighted by Gasteiger charge is 2.62. The average molecular weight is 226 g/mol. The Morgan fingerprint density at radius 3 is 2.12 bits per heavy atom. The maximum absolute atomic E-state index is 14.4. The van der Waals surface area contributed by atoms with Crippen LogP contribution in [0.15, 0.2) is 0 Å². The van der Waals surface area contributed by atoms with Gasteiger partial charge < -0.3 is 5.11 Å². The first kappa shape index (κ1) is 10.2. The van der Waals surface area contributed by atoms with Gasteiger partial charge in [-0.3, -0.25) is 4.79 Å². The Morgan fingerprint density at radius 2 is 1.69 bits per heavy atom. The van der Waals surface area contributed by atoms with Crippen molar-refractivity contribution in [1.82, 2.24) is 0 Å². The van der Waals surface area contributed by atoms with E-state index in [1.165, 1.54) is 0 Å². The lowest BCUT2D eigenvalue weighted by Crippen LogP contribution is -2.57. The van der Waals surface area contributed by atoms with E-state index in [-0.39, 0.29) is 18.3 Å². The summed E-state index contributed by atoms with van der Waals surface area (Å²) in [5, 5.41) is 8.85. The highest BCUT2D eigenvalue weighted by molar-refractivity contribution is 6.35. The molecule has 4 fully saturated rings. The third-order valence-corrected chi connectivity index (χ3v) is 4.67. The number of carbonyl (C=O) groups excluding carboxylic acids is 1. The molecule has 4 aliphatic rings. The van der Waals surface area contributed by atoms with Crippen molar-refractivity contribution in [2.75, 3.05) is 0 Å². The number of carboxylic acid groups (broad SMARTS) is 1. The van der Waals surface area contributed by atoms with Crippen LogP contribution in [0, 0.1) is 17.3 Å². The molecule has 2 unspecified atom stereocenters. The van der Waals surface area contributed by atoms with Gasteiger partial charge >= 0.3 is 5.97 Å². The Morgan fingerprint density at radius 1 is 1.12 bits per heavy atom. The number of carbonyl (C=O) groups is 2. The lowest BCUT2D eigenvalue weighted by molar-refractivity contribution is -0.170. The Labute approximate surface area is 93.0 Å². The molecule has 0 spiro atoms. The number of hydrogen-bond acceptors (Lipinski definition) is 2. The summed E-state index contributed by atoms with van der Waals surface area (Å²) >= 11 is 0. The second-order valence-corrected chi connectivity index (χ2v) is 6.03. The fourth-order valence-electron chi connectivity index (χ4n) is 4.64. The standard InChI is InChI=1S/C12H15FO3/c13-12-4-7-1-8(5-12)3-11(2-7,6-12)9(14)10(15)16/h7-8H,1-6H2,(H,15,16). The van der Waals surface area contributed by atoms with Crippen LogP contribution >= 0.6 is 0 Å². The molecule has 4 heteroatoms. The highest BCUT2D eigenvalue weighted by Crippen LogP contribution is 2.63. The fraction of sp³-hybridized carbons (Fsp3) is 0.833. The molecule has 0 saturated heterocycles. The first-order valence-corrected chi connectivity index (χ1v) is 5.89. The predicted molar refractivity (Wildman–Crippen MR) is 53.6 cm³/mol. The predicted octanol–water partition coefficient (Wildman–Crippen LogP) is 1.95. The molecule has 0 aromatic carbocycles. The molecule has 0 aromatic heterocycles. The molecule has 4 aliphatic carbocycles. The number of ketones is 1. The molecule has 4 rings (SSSR count). The minimum atomic E-state index is -1.38. The second kappa shape index (κ2) is 2.84. The van der Waals surface area contributed by atoms with Crippen LogP contribution in [0.3, 0.4) is 0 Å². The first-order valence-electron chi connectivity index (χ1n) is 5.89. The molecule has 4 bridgehead atoms. The van der Waals surface area contributed by atoms with Crippen molar-refractivity contribution in [3.05, 3.63) is 0 Å². The van der Waals surface area contributed by atoms with Crippen LogP contribution in [-0.4, -0.2) is 22.5 Å². The summed E-state index contributed by atoms with van der Waals surface area (Å²) in [5.74, 6) is -1.67. The Kier molecular flexibility index (Phi) is 1.82. The van der Waals surface area contributed by atoms with Crippen molar-refractivity contribution in [2.45, 2.75) is 44.2 Å². The summed E-state index contributed by atoms with van der Waals surface area (Å²) in [6, 6.07) is 0. The van der Waals surface area contributed by atoms with Gasteiger partial charge in [-0.1, -0.05) is 0 Å². The zero-order valence-corrected chi connectivity index (χ0v) is 9.04. The van der Waals surface area contributed by atoms with Gasteiger partial charge in [0.05, 0.1) is 0 Å². The van der Waals surface area contributed by atoms with Gasteiger partial charge in [-0.15, -0.1) is 0 Å². The van der Waals surface area contributed by atoms with E-state index in [1.54, 1.807) is 0 Å². The smallest absolute Gasteiger partial charge is 0.372 e. The second-order valence-electron chi connectivity index (χ2n) is 6.03. The monoisotopic (exact) mass is 226 g/mol. The van der Waals surface area contributed by atoms with Gasteiger partial charge in [-0.2, -0.15) is 0 Å². The van der Waals surface area contributed by atoms with Crippen molar-refractivity contribution in [3.63, 3.8) is 0 Å². The van der Waals surface area contributed by atoms with E-state index in [0.717, 1.165) is 6.42 Å². The maximum atomic E-state index is 14.4. The van der Waals surface area contributed by atoms with Crippen molar-refractivity contribution in [1.29, 1.82) is 0 Å². The van der Waals surface area contributed by atoms with Crippen molar-refractivity contribution in [3.8, 4) is 0 Å². The minimum Gasteiger partial charge on any atom is -0.475 e. The van der Waals surface area contributed by atoms with Gasteiger partial charge in [-0.05, 0) is 50.4 Å². The summed E-state index contributed by atoms with van der Waals surface area (Å²) in [4.78, 5) is 22.6.